The molecule has 0 radical (unpaired) electrons. The Kier molecular flexibility index (Phi) is 6.60. The van der Waals surface area contributed by atoms with E-state index in [4.69, 9.17) is 4.74 Å². The van der Waals surface area contributed by atoms with Crippen LogP contribution in [0.25, 0.3) is 0 Å². The molecule has 0 aliphatic rings. The molecule has 0 saturated carbocycles. The number of benzene rings is 1. The number of hydrogen-bond donors (Lipinski definition) is 1. The molecule has 0 heterocycles. The van der Waals surface area contributed by atoms with Gasteiger partial charge in [-0.2, -0.15) is 0 Å². The number of halogens is 2. The van der Waals surface area contributed by atoms with Crippen LogP contribution in [0.3, 0.4) is 0 Å². The molecule has 0 aliphatic carbocycles. The van der Waals surface area contributed by atoms with Crippen LogP contribution in [0.1, 0.15) is 17.3 Å². The molecular weight excluding hydrogens is 362 g/mol. The summed E-state index contributed by atoms with van der Waals surface area (Å²) in [4.78, 5) is 11.8. The van der Waals surface area contributed by atoms with Gasteiger partial charge in [0.2, 0.25) is 0 Å². The number of carbonyl (C=O) groups excluding carboxylic acids is 1. The SMILES string of the molecule is C=C(C)COCCNC(=O)c1ccc(Br)cc1Br. The third-order valence-corrected chi connectivity index (χ3v) is 3.21. The van der Waals surface area contributed by atoms with E-state index in [2.05, 4.69) is 43.8 Å². The molecule has 0 saturated heterocycles. The first kappa shape index (κ1) is 15.4. The summed E-state index contributed by atoms with van der Waals surface area (Å²) in [6.45, 7) is 7.12. The number of nitrogens with one attached hydrogen (secondary N) is 1. The average Bonchev–Trinajstić information content (AvgIpc) is 2.27. The molecule has 3 nitrogen and oxygen atoms in total. The van der Waals surface area contributed by atoms with Gasteiger partial charge >= 0.3 is 0 Å². The van der Waals surface area contributed by atoms with Crippen LogP contribution < -0.4 is 5.32 Å². The second-order valence-electron chi connectivity index (χ2n) is 3.89. The summed E-state index contributed by atoms with van der Waals surface area (Å²) in [5, 5.41) is 2.79. The molecule has 1 aromatic carbocycles. The van der Waals surface area contributed by atoms with Gasteiger partial charge in [-0.15, -0.1) is 0 Å². The van der Waals surface area contributed by atoms with Gasteiger partial charge in [0.05, 0.1) is 18.8 Å². The van der Waals surface area contributed by atoms with E-state index in [9.17, 15) is 4.79 Å². The quantitative estimate of drug-likeness (QED) is 0.609. The monoisotopic (exact) mass is 375 g/mol. The molecular formula is C13H15Br2NO2. The molecule has 0 spiro atoms. The van der Waals surface area contributed by atoms with Gasteiger partial charge < -0.3 is 10.1 Å². The van der Waals surface area contributed by atoms with E-state index in [0.717, 1.165) is 14.5 Å². The number of ether oxygens (including phenoxy) is 1. The molecule has 0 unspecified atom stereocenters. The number of hydrogen-bond acceptors (Lipinski definition) is 2. The molecule has 0 aliphatic heterocycles. The van der Waals surface area contributed by atoms with E-state index >= 15 is 0 Å². The lowest BCUT2D eigenvalue weighted by atomic mass is 10.2. The zero-order chi connectivity index (χ0) is 13.5. The first-order valence-corrected chi connectivity index (χ1v) is 7.04. The normalized spacial score (nSPS) is 10.2. The minimum absolute atomic E-state index is 0.117. The summed E-state index contributed by atoms with van der Waals surface area (Å²) in [5.41, 5.74) is 1.58. The molecule has 0 aromatic heterocycles. The van der Waals surface area contributed by atoms with Crippen molar-refractivity contribution in [3.8, 4) is 0 Å². The van der Waals surface area contributed by atoms with Crippen LogP contribution in [0, 0.1) is 0 Å². The molecule has 1 N–H and O–H groups in total. The van der Waals surface area contributed by atoms with Crippen LogP contribution in [0.15, 0.2) is 39.3 Å². The maximum atomic E-state index is 11.8. The van der Waals surface area contributed by atoms with Crippen LogP contribution in [0.4, 0.5) is 0 Å². The molecule has 98 valence electrons. The third-order valence-electron chi connectivity index (χ3n) is 2.06. The Morgan fingerprint density at radius 2 is 2.17 bits per heavy atom. The van der Waals surface area contributed by atoms with Gasteiger partial charge in [0.15, 0.2) is 0 Å². The van der Waals surface area contributed by atoms with E-state index in [1.54, 1.807) is 6.07 Å². The minimum Gasteiger partial charge on any atom is -0.375 e. The Labute approximate surface area is 124 Å². The number of carbonyl (C=O) groups is 1. The highest BCUT2D eigenvalue weighted by Crippen LogP contribution is 2.21. The number of rotatable bonds is 6. The minimum atomic E-state index is -0.117. The summed E-state index contributed by atoms with van der Waals surface area (Å²) in [5.74, 6) is -0.117. The Morgan fingerprint density at radius 1 is 1.44 bits per heavy atom. The van der Waals surface area contributed by atoms with E-state index in [1.807, 2.05) is 19.1 Å². The highest BCUT2D eigenvalue weighted by atomic mass is 79.9. The maximum absolute atomic E-state index is 11.8. The van der Waals surface area contributed by atoms with E-state index < -0.39 is 0 Å². The van der Waals surface area contributed by atoms with Gasteiger partial charge in [-0.1, -0.05) is 28.1 Å². The molecule has 0 atom stereocenters. The van der Waals surface area contributed by atoms with Crippen molar-refractivity contribution in [2.45, 2.75) is 6.92 Å². The predicted octanol–water partition coefficient (Wildman–Crippen LogP) is 3.53. The Hall–Kier alpha value is -0.650. The van der Waals surface area contributed by atoms with Gasteiger partial charge in [0.25, 0.3) is 5.91 Å². The summed E-state index contributed by atoms with van der Waals surface area (Å²) in [7, 11) is 0. The van der Waals surface area contributed by atoms with Crippen molar-refractivity contribution >= 4 is 37.8 Å². The zero-order valence-corrected chi connectivity index (χ0v) is 13.3. The van der Waals surface area contributed by atoms with E-state index in [1.165, 1.54) is 0 Å². The Bertz CT molecular complexity index is 447. The third kappa shape index (κ3) is 5.33. The summed E-state index contributed by atoms with van der Waals surface area (Å²) in [6, 6.07) is 5.43. The van der Waals surface area contributed by atoms with Crippen molar-refractivity contribution < 1.29 is 9.53 Å². The molecule has 0 bridgehead atoms. The van der Waals surface area contributed by atoms with Gasteiger partial charge in [0, 0.05) is 15.5 Å². The molecule has 5 heteroatoms. The average molecular weight is 377 g/mol. The van der Waals surface area contributed by atoms with Crippen LogP contribution in [0.5, 0.6) is 0 Å². The van der Waals surface area contributed by atoms with Crippen molar-refractivity contribution in [3.63, 3.8) is 0 Å². The van der Waals surface area contributed by atoms with Gasteiger partial charge in [-0.05, 0) is 41.1 Å². The van der Waals surface area contributed by atoms with Gasteiger partial charge in [-0.25, -0.2) is 0 Å². The molecule has 1 rings (SSSR count). The highest BCUT2D eigenvalue weighted by molar-refractivity contribution is 9.11. The lowest BCUT2D eigenvalue weighted by molar-refractivity contribution is 0.0926. The molecule has 18 heavy (non-hydrogen) atoms. The summed E-state index contributed by atoms with van der Waals surface area (Å²) < 4.78 is 6.99. The van der Waals surface area contributed by atoms with Gasteiger partial charge in [-0.3, -0.25) is 4.79 Å². The number of amides is 1. The fourth-order valence-electron chi connectivity index (χ4n) is 1.25. The van der Waals surface area contributed by atoms with Crippen LogP contribution in [0.2, 0.25) is 0 Å². The van der Waals surface area contributed by atoms with Crippen molar-refractivity contribution in [3.05, 3.63) is 44.9 Å². The molecule has 0 fully saturated rings. The fraction of sp³-hybridized carbons (Fsp3) is 0.308. The van der Waals surface area contributed by atoms with E-state index in [-0.39, 0.29) is 5.91 Å². The lowest BCUT2D eigenvalue weighted by Gasteiger charge is -2.08. The zero-order valence-electron chi connectivity index (χ0n) is 10.1. The summed E-state index contributed by atoms with van der Waals surface area (Å²) in [6.07, 6.45) is 0. The maximum Gasteiger partial charge on any atom is 0.252 e. The predicted molar refractivity (Wildman–Crippen MR) is 79.8 cm³/mol. The first-order chi connectivity index (χ1) is 8.50. The van der Waals surface area contributed by atoms with Crippen molar-refractivity contribution in [1.29, 1.82) is 0 Å². The van der Waals surface area contributed by atoms with Crippen LogP contribution >= 0.6 is 31.9 Å². The second kappa shape index (κ2) is 7.71. The van der Waals surface area contributed by atoms with Crippen molar-refractivity contribution in [2.75, 3.05) is 19.8 Å². The molecule has 1 amide bonds. The Morgan fingerprint density at radius 3 is 2.78 bits per heavy atom. The standard InChI is InChI=1S/C13H15Br2NO2/c1-9(2)8-18-6-5-16-13(17)11-4-3-10(14)7-12(11)15/h3-4,7H,1,5-6,8H2,2H3,(H,16,17). The Balaban J connectivity index is 2.39. The van der Waals surface area contributed by atoms with Gasteiger partial charge in [0.1, 0.15) is 0 Å². The van der Waals surface area contributed by atoms with Crippen molar-refractivity contribution in [1.82, 2.24) is 5.32 Å². The highest BCUT2D eigenvalue weighted by Gasteiger charge is 2.09. The second-order valence-corrected chi connectivity index (χ2v) is 5.66. The smallest absolute Gasteiger partial charge is 0.252 e. The molecule has 1 aromatic rings. The van der Waals surface area contributed by atoms with Crippen LogP contribution in [-0.2, 0) is 4.74 Å². The van der Waals surface area contributed by atoms with Crippen molar-refractivity contribution in [2.24, 2.45) is 0 Å². The first-order valence-electron chi connectivity index (χ1n) is 5.46. The largest absolute Gasteiger partial charge is 0.375 e. The lowest BCUT2D eigenvalue weighted by Crippen LogP contribution is -2.27. The van der Waals surface area contributed by atoms with E-state index in [0.29, 0.717) is 25.3 Å². The van der Waals surface area contributed by atoms with Crippen LogP contribution in [-0.4, -0.2) is 25.7 Å². The summed E-state index contributed by atoms with van der Waals surface area (Å²) >= 11 is 6.70. The fourth-order valence-corrected chi connectivity index (χ4v) is 2.48. The topological polar surface area (TPSA) is 38.3 Å².